The van der Waals surface area contributed by atoms with Crippen LogP contribution in [0.2, 0.25) is 0 Å². The van der Waals surface area contributed by atoms with Crippen LogP contribution in [-0.2, 0) is 4.79 Å². The van der Waals surface area contributed by atoms with Crippen molar-refractivity contribution in [3.8, 4) is 6.07 Å². The zero-order chi connectivity index (χ0) is 17.5. The largest absolute Gasteiger partial charge is 0.373 e. The molecule has 2 fully saturated rings. The first-order valence-corrected chi connectivity index (χ1v) is 9.09. The third-order valence-corrected chi connectivity index (χ3v) is 4.90. The third-order valence-electron chi connectivity index (χ3n) is 4.90. The van der Waals surface area contributed by atoms with E-state index in [-0.39, 0.29) is 17.5 Å². The molecule has 6 nitrogen and oxygen atoms in total. The molecule has 1 amide bonds. The highest BCUT2D eigenvalue weighted by atomic mass is 16.1. The second-order valence-corrected chi connectivity index (χ2v) is 6.67. The summed E-state index contributed by atoms with van der Waals surface area (Å²) in [6.45, 7) is 3.21. The Morgan fingerprint density at radius 1 is 1.20 bits per heavy atom. The smallest absolute Gasteiger partial charge is 0.263 e. The minimum Gasteiger partial charge on any atom is -0.373 e. The molecule has 1 aromatic rings. The number of hydrogen-bond acceptors (Lipinski definition) is 5. The molecule has 25 heavy (non-hydrogen) atoms. The first-order chi connectivity index (χ1) is 12.3. The van der Waals surface area contributed by atoms with E-state index < -0.39 is 0 Å². The molecule has 0 bridgehead atoms. The molecule has 0 spiro atoms. The van der Waals surface area contributed by atoms with Crippen LogP contribution in [0.4, 0.5) is 5.82 Å². The van der Waals surface area contributed by atoms with Crippen molar-refractivity contribution >= 4 is 11.7 Å². The molecule has 6 heteroatoms. The van der Waals surface area contributed by atoms with Gasteiger partial charge in [0.1, 0.15) is 17.5 Å². The van der Waals surface area contributed by atoms with Crippen molar-refractivity contribution in [2.45, 2.75) is 38.1 Å². The van der Waals surface area contributed by atoms with Gasteiger partial charge in [0.25, 0.3) is 5.91 Å². The maximum absolute atomic E-state index is 12.4. The minimum atomic E-state index is -0.235. The van der Waals surface area contributed by atoms with Crippen molar-refractivity contribution in [1.82, 2.24) is 15.2 Å². The molecule has 0 aromatic carbocycles. The summed E-state index contributed by atoms with van der Waals surface area (Å²) in [7, 11) is 0. The van der Waals surface area contributed by atoms with Crippen LogP contribution >= 0.6 is 0 Å². The van der Waals surface area contributed by atoms with E-state index in [9.17, 15) is 10.1 Å². The number of carbonyl (C=O) groups is 1. The Morgan fingerprint density at radius 2 is 1.96 bits per heavy atom. The van der Waals surface area contributed by atoms with Crippen molar-refractivity contribution in [2.75, 3.05) is 31.1 Å². The highest BCUT2D eigenvalue weighted by molar-refractivity contribution is 5.97. The molecule has 2 heterocycles. The summed E-state index contributed by atoms with van der Waals surface area (Å²) >= 11 is 0. The number of anilines is 1. The molecular weight excluding hydrogens is 314 g/mol. The number of amides is 1. The molecule has 1 saturated carbocycles. The van der Waals surface area contributed by atoms with E-state index in [0.29, 0.717) is 0 Å². The van der Waals surface area contributed by atoms with Crippen molar-refractivity contribution < 1.29 is 4.79 Å². The lowest BCUT2D eigenvalue weighted by Gasteiger charge is -2.35. The first kappa shape index (κ1) is 17.3. The van der Waals surface area contributed by atoms with Gasteiger partial charge in [-0.15, -0.1) is 0 Å². The normalized spacial score (nSPS) is 19.4. The molecule has 2 aliphatic rings. The van der Waals surface area contributed by atoms with Gasteiger partial charge in [-0.05, 0) is 25.0 Å². The highest BCUT2D eigenvalue weighted by Crippen LogP contribution is 2.18. The average Bonchev–Trinajstić information content (AvgIpc) is 2.68. The van der Waals surface area contributed by atoms with Crippen LogP contribution in [0, 0.1) is 11.3 Å². The Kier molecular flexibility index (Phi) is 5.89. The quantitative estimate of drug-likeness (QED) is 0.671. The minimum absolute atomic E-state index is 0.205. The molecule has 132 valence electrons. The maximum atomic E-state index is 12.4. The summed E-state index contributed by atoms with van der Waals surface area (Å²) in [6, 6.07) is 8.18. The van der Waals surface area contributed by atoms with Gasteiger partial charge in [0.05, 0.1) is 0 Å². The Bertz CT molecular complexity index is 638. The van der Waals surface area contributed by atoms with Gasteiger partial charge >= 0.3 is 0 Å². The molecule has 1 aliphatic heterocycles. The fourth-order valence-electron chi connectivity index (χ4n) is 3.45. The Morgan fingerprint density at radius 3 is 2.60 bits per heavy atom. The lowest BCUT2D eigenvalue weighted by Crippen LogP contribution is -2.45. The number of carbonyl (C=O) groups excluding carboxylic acids is 1. The van der Waals surface area contributed by atoms with E-state index in [4.69, 9.17) is 0 Å². The highest BCUT2D eigenvalue weighted by Gasteiger charge is 2.20. The number of pyridine rings is 1. The van der Waals surface area contributed by atoms with Crippen molar-refractivity contribution in [1.29, 1.82) is 5.26 Å². The van der Waals surface area contributed by atoms with Crippen LogP contribution in [0.25, 0.3) is 0 Å². The maximum Gasteiger partial charge on any atom is 0.263 e. The zero-order valence-electron chi connectivity index (χ0n) is 14.5. The number of nitrogens with zero attached hydrogens (tertiary/aromatic N) is 4. The van der Waals surface area contributed by atoms with Crippen molar-refractivity contribution in [3.05, 3.63) is 36.2 Å². The number of rotatable bonds is 4. The standard InChI is InChI=1S/C19H25N5O/c20-14-16(19(25)22-17-6-2-1-3-7-17)15-23-10-12-24(13-11-23)18-8-4-5-9-21-18/h4-5,8-9,15,17H,1-3,6-7,10-13H2,(H,22,25)/b16-15-. The average molecular weight is 339 g/mol. The number of hydrogen-bond donors (Lipinski definition) is 1. The number of nitrogens with one attached hydrogen (secondary N) is 1. The van der Waals surface area contributed by atoms with Gasteiger partial charge in [-0.25, -0.2) is 4.98 Å². The zero-order valence-corrected chi connectivity index (χ0v) is 14.5. The van der Waals surface area contributed by atoms with Crippen LogP contribution < -0.4 is 10.2 Å². The summed E-state index contributed by atoms with van der Waals surface area (Å²) in [5.74, 6) is 0.739. The number of nitriles is 1. The van der Waals surface area contributed by atoms with Crippen LogP contribution in [-0.4, -0.2) is 48.0 Å². The van der Waals surface area contributed by atoms with Gasteiger partial charge in [-0.2, -0.15) is 5.26 Å². The summed E-state index contributed by atoms with van der Waals surface area (Å²) in [4.78, 5) is 21.0. The Labute approximate surface area is 149 Å². The number of piperazine rings is 1. The van der Waals surface area contributed by atoms with Crippen LogP contribution in [0.3, 0.4) is 0 Å². The summed E-state index contributed by atoms with van der Waals surface area (Å²) in [6.07, 6.45) is 9.12. The third kappa shape index (κ3) is 4.72. The van der Waals surface area contributed by atoms with Crippen molar-refractivity contribution in [3.63, 3.8) is 0 Å². The molecule has 0 unspecified atom stereocenters. The molecule has 1 aliphatic carbocycles. The SMILES string of the molecule is N#C/C(=C/N1CCN(c2ccccn2)CC1)C(=O)NC1CCCCC1. The summed E-state index contributed by atoms with van der Waals surface area (Å²) in [5, 5.41) is 12.4. The summed E-state index contributed by atoms with van der Waals surface area (Å²) < 4.78 is 0. The first-order valence-electron chi connectivity index (χ1n) is 9.09. The number of aromatic nitrogens is 1. The Hall–Kier alpha value is -2.55. The predicted molar refractivity (Wildman–Crippen MR) is 96.7 cm³/mol. The van der Waals surface area contributed by atoms with Crippen molar-refractivity contribution in [2.24, 2.45) is 0 Å². The van der Waals surface area contributed by atoms with Crippen LogP contribution in [0.1, 0.15) is 32.1 Å². The molecule has 0 radical (unpaired) electrons. The Balaban J connectivity index is 1.54. The van der Waals surface area contributed by atoms with Gasteiger partial charge in [-0.3, -0.25) is 4.79 Å². The van der Waals surface area contributed by atoms with E-state index in [1.165, 1.54) is 6.42 Å². The van der Waals surface area contributed by atoms with E-state index in [2.05, 4.69) is 26.2 Å². The predicted octanol–water partition coefficient (Wildman–Crippen LogP) is 2.06. The second-order valence-electron chi connectivity index (χ2n) is 6.67. The van der Waals surface area contributed by atoms with Crippen LogP contribution in [0.15, 0.2) is 36.2 Å². The summed E-state index contributed by atoms with van der Waals surface area (Å²) in [5.41, 5.74) is 0.205. The van der Waals surface area contributed by atoms with E-state index in [1.54, 1.807) is 12.4 Å². The molecule has 1 aromatic heterocycles. The van der Waals surface area contributed by atoms with Crippen LogP contribution in [0.5, 0.6) is 0 Å². The fourth-order valence-corrected chi connectivity index (χ4v) is 3.45. The van der Waals surface area contributed by atoms with Gasteiger partial charge in [0.2, 0.25) is 0 Å². The van der Waals surface area contributed by atoms with E-state index in [1.807, 2.05) is 18.2 Å². The molecule has 1 saturated heterocycles. The van der Waals surface area contributed by atoms with Gasteiger partial charge in [0.15, 0.2) is 0 Å². The molecular formula is C19H25N5O. The van der Waals surface area contributed by atoms with E-state index in [0.717, 1.165) is 57.7 Å². The monoisotopic (exact) mass is 339 g/mol. The lowest BCUT2D eigenvalue weighted by molar-refractivity contribution is -0.118. The molecule has 0 atom stereocenters. The topological polar surface area (TPSA) is 72.3 Å². The van der Waals surface area contributed by atoms with E-state index >= 15 is 0 Å². The molecule has 3 rings (SSSR count). The van der Waals surface area contributed by atoms with Gasteiger partial charge < -0.3 is 15.1 Å². The molecule has 1 N–H and O–H groups in total. The lowest BCUT2D eigenvalue weighted by atomic mass is 9.95. The van der Waals surface area contributed by atoms with Gasteiger partial charge in [-0.1, -0.05) is 25.3 Å². The van der Waals surface area contributed by atoms with Gasteiger partial charge in [0, 0.05) is 44.6 Å². The fraction of sp³-hybridized carbons (Fsp3) is 0.526. The second kappa shape index (κ2) is 8.52.